The number of para-hydroxylation sites is 1. The van der Waals surface area contributed by atoms with Gasteiger partial charge < -0.3 is 4.74 Å². The quantitative estimate of drug-likeness (QED) is 0.417. The van der Waals surface area contributed by atoms with Gasteiger partial charge in [0, 0.05) is 6.20 Å². The lowest BCUT2D eigenvalue weighted by atomic mass is 10.3. The highest BCUT2D eigenvalue weighted by Crippen LogP contribution is 2.26. The number of aromatic nitrogens is 2. The van der Waals surface area contributed by atoms with Crippen molar-refractivity contribution in [3.8, 4) is 11.5 Å². The van der Waals surface area contributed by atoms with Crippen LogP contribution in [0.2, 0.25) is 0 Å². The van der Waals surface area contributed by atoms with Gasteiger partial charge in [-0.1, -0.05) is 18.2 Å². The van der Waals surface area contributed by atoms with Crippen molar-refractivity contribution in [3.05, 3.63) is 84.2 Å². The molecule has 0 atom stereocenters. The van der Waals surface area contributed by atoms with Gasteiger partial charge in [-0.05, 0) is 67.9 Å². The minimum atomic E-state index is 0.740. The van der Waals surface area contributed by atoms with E-state index in [1.54, 1.807) is 0 Å². The highest BCUT2D eigenvalue weighted by Gasteiger charge is 2.07. The average Bonchev–Trinajstić information content (AvgIpc) is 2.96. The maximum absolute atomic E-state index is 5.79. The number of azo groups is 1. The van der Waals surface area contributed by atoms with Gasteiger partial charge >= 0.3 is 0 Å². The Morgan fingerprint density at radius 2 is 1.58 bits per heavy atom. The summed E-state index contributed by atoms with van der Waals surface area (Å²) in [6, 6.07) is 21.3. The second-order valence-electron chi connectivity index (χ2n) is 6.06. The molecule has 0 N–H and O–H groups in total. The Balaban J connectivity index is 1.55. The van der Waals surface area contributed by atoms with Gasteiger partial charge in [-0.2, -0.15) is 0 Å². The number of ether oxygens (including phenoxy) is 1. The molecule has 5 nitrogen and oxygen atoms in total. The van der Waals surface area contributed by atoms with E-state index < -0.39 is 0 Å². The van der Waals surface area contributed by atoms with Crippen molar-refractivity contribution in [2.75, 3.05) is 0 Å². The first-order valence-corrected chi connectivity index (χ1v) is 8.39. The summed E-state index contributed by atoms with van der Waals surface area (Å²) in [6.45, 7) is 3.98. The van der Waals surface area contributed by atoms with Gasteiger partial charge in [0.25, 0.3) is 0 Å². The molecule has 128 valence electrons. The number of rotatable bonds is 4. The standard InChI is InChI=1S/C21H18N4O/c1-15-12-13-25-20(14-15)22-16(2)21(25)24-23-17-8-10-19(11-9-17)26-18-6-4-3-5-7-18/h3-14H,1-2H3. The molecule has 0 aliphatic rings. The number of benzene rings is 2. The van der Waals surface area contributed by atoms with Crippen molar-refractivity contribution in [3.63, 3.8) is 0 Å². The van der Waals surface area contributed by atoms with Gasteiger partial charge in [-0.15, -0.1) is 10.2 Å². The van der Waals surface area contributed by atoms with Crippen LogP contribution in [-0.4, -0.2) is 9.38 Å². The van der Waals surface area contributed by atoms with Gasteiger partial charge in [0.05, 0.1) is 11.4 Å². The van der Waals surface area contributed by atoms with Gasteiger partial charge in [0.1, 0.15) is 17.1 Å². The van der Waals surface area contributed by atoms with Crippen LogP contribution in [0.25, 0.3) is 5.65 Å². The van der Waals surface area contributed by atoms with E-state index in [2.05, 4.69) is 15.2 Å². The van der Waals surface area contributed by atoms with Gasteiger partial charge in [0.15, 0.2) is 5.82 Å². The Hall–Kier alpha value is -3.47. The van der Waals surface area contributed by atoms with E-state index in [9.17, 15) is 0 Å². The minimum absolute atomic E-state index is 0.740. The molecule has 0 fully saturated rings. The highest BCUT2D eigenvalue weighted by atomic mass is 16.5. The Labute approximate surface area is 151 Å². The van der Waals surface area contributed by atoms with E-state index in [-0.39, 0.29) is 0 Å². The summed E-state index contributed by atoms with van der Waals surface area (Å²) >= 11 is 0. The number of hydrogen-bond acceptors (Lipinski definition) is 4. The Bertz CT molecular complexity index is 1070. The molecule has 0 bridgehead atoms. The fourth-order valence-corrected chi connectivity index (χ4v) is 2.68. The lowest BCUT2D eigenvalue weighted by Crippen LogP contribution is -1.84. The number of fused-ring (bicyclic) bond motifs is 1. The average molecular weight is 342 g/mol. The first-order valence-electron chi connectivity index (χ1n) is 8.39. The third kappa shape index (κ3) is 3.32. The third-order valence-corrected chi connectivity index (χ3v) is 4.00. The molecule has 0 unspecified atom stereocenters. The summed E-state index contributed by atoms with van der Waals surface area (Å²) in [5, 5.41) is 8.73. The number of imidazole rings is 1. The van der Waals surface area contributed by atoms with E-state index in [0.29, 0.717) is 0 Å². The molecule has 5 heteroatoms. The van der Waals surface area contributed by atoms with Gasteiger partial charge in [-0.3, -0.25) is 4.40 Å². The fraction of sp³-hybridized carbons (Fsp3) is 0.0952. The molecule has 2 aromatic carbocycles. The SMILES string of the molecule is Cc1ccn2c(N=Nc3ccc(Oc4ccccc4)cc3)c(C)nc2c1. The molecule has 0 spiro atoms. The Morgan fingerprint density at radius 1 is 0.846 bits per heavy atom. The molecule has 4 rings (SSSR count). The van der Waals surface area contributed by atoms with Crippen molar-refractivity contribution >= 4 is 17.2 Å². The van der Waals surface area contributed by atoms with Crippen LogP contribution in [0.5, 0.6) is 11.5 Å². The predicted octanol–water partition coefficient (Wildman–Crippen LogP) is 6.16. The number of nitrogens with zero attached hydrogens (tertiary/aromatic N) is 4. The molecule has 0 aliphatic carbocycles. The fourth-order valence-electron chi connectivity index (χ4n) is 2.68. The summed E-state index contributed by atoms with van der Waals surface area (Å²) in [6.07, 6.45) is 1.97. The van der Waals surface area contributed by atoms with Crippen LogP contribution in [0.3, 0.4) is 0 Å². The first-order chi connectivity index (χ1) is 12.7. The minimum Gasteiger partial charge on any atom is -0.457 e. The van der Waals surface area contributed by atoms with Crippen LogP contribution in [0, 0.1) is 13.8 Å². The van der Waals surface area contributed by atoms with Crippen LogP contribution in [0.15, 0.2) is 83.2 Å². The van der Waals surface area contributed by atoms with Gasteiger partial charge in [-0.25, -0.2) is 4.98 Å². The van der Waals surface area contributed by atoms with E-state index in [0.717, 1.165) is 34.3 Å². The summed E-state index contributed by atoms with van der Waals surface area (Å²) in [7, 11) is 0. The summed E-state index contributed by atoms with van der Waals surface area (Å²) < 4.78 is 7.73. The predicted molar refractivity (Wildman–Crippen MR) is 102 cm³/mol. The van der Waals surface area contributed by atoms with Gasteiger partial charge in [0.2, 0.25) is 0 Å². The maximum atomic E-state index is 5.79. The number of pyridine rings is 1. The molecule has 0 radical (unpaired) electrons. The second-order valence-corrected chi connectivity index (χ2v) is 6.06. The van der Waals surface area contributed by atoms with E-state index in [1.165, 1.54) is 5.56 Å². The maximum Gasteiger partial charge on any atom is 0.182 e. The van der Waals surface area contributed by atoms with Crippen LogP contribution in [-0.2, 0) is 0 Å². The van der Waals surface area contributed by atoms with Crippen LogP contribution in [0.1, 0.15) is 11.3 Å². The number of hydrogen-bond donors (Lipinski definition) is 0. The van der Waals surface area contributed by atoms with Crippen molar-refractivity contribution in [1.29, 1.82) is 0 Å². The van der Waals surface area contributed by atoms with Crippen molar-refractivity contribution in [1.82, 2.24) is 9.38 Å². The zero-order valence-electron chi connectivity index (χ0n) is 14.6. The molecular formula is C21H18N4O. The zero-order valence-corrected chi connectivity index (χ0v) is 14.6. The number of aryl methyl sites for hydroxylation is 2. The lowest BCUT2D eigenvalue weighted by Gasteiger charge is -2.04. The molecular weight excluding hydrogens is 324 g/mol. The summed E-state index contributed by atoms with van der Waals surface area (Å²) in [5.74, 6) is 2.31. The molecule has 2 aromatic heterocycles. The Morgan fingerprint density at radius 3 is 2.35 bits per heavy atom. The normalized spacial score (nSPS) is 11.3. The van der Waals surface area contributed by atoms with E-state index >= 15 is 0 Å². The topological polar surface area (TPSA) is 51.2 Å². The summed E-state index contributed by atoms with van der Waals surface area (Å²) in [4.78, 5) is 4.54. The van der Waals surface area contributed by atoms with Crippen molar-refractivity contribution in [2.45, 2.75) is 13.8 Å². The van der Waals surface area contributed by atoms with Crippen molar-refractivity contribution < 1.29 is 4.74 Å². The van der Waals surface area contributed by atoms with Crippen LogP contribution < -0.4 is 4.74 Å². The second kappa shape index (κ2) is 6.80. The van der Waals surface area contributed by atoms with E-state index in [1.807, 2.05) is 91.2 Å². The molecule has 4 aromatic rings. The first kappa shape index (κ1) is 16.0. The van der Waals surface area contributed by atoms with Crippen LogP contribution in [0.4, 0.5) is 11.5 Å². The molecule has 26 heavy (non-hydrogen) atoms. The molecule has 0 aliphatic heterocycles. The largest absolute Gasteiger partial charge is 0.457 e. The monoisotopic (exact) mass is 342 g/mol. The molecule has 0 saturated heterocycles. The van der Waals surface area contributed by atoms with Crippen molar-refractivity contribution in [2.24, 2.45) is 10.2 Å². The molecule has 0 amide bonds. The molecule has 0 saturated carbocycles. The summed E-state index contributed by atoms with van der Waals surface area (Å²) in [5.41, 5.74) is 3.65. The highest BCUT2D eigenvalue weighted by molar-refractivity contribution is 5.53. The molecule has 2 heterocycles. The smallest absolute Gasteiger partial charge is 0.182 e. The Kier molecular flexibility index (Phi) is 4.19. The lowest BCUT2D eigenvalue weighted by molar-refractivity contribution is 0.483. The van der Waals surface area contributed by atoms with Crippen LogP contribution >= 0.6 is 0 Å². The zero-order chi connectivity index (χ0) is 17.9. The van der Waals surface area contributed by atoms with E-state index in [4.69, 9.17) is 4.74 Å². The third-order valence-electron chi connectivity index (χ3n) is 4.00.